The summed E-state index contributed by atoms with van der Waals surface area (Å²) in [6.45, 7) is 1.55. The van der Waals surface area contributed by atoms with E-state index in [0.717, 1.165) is 6.92 Å². The number of carbonyl (C=O) groups is 6. The van der Waals surface area contributed by atoms with Crippen LogP contribution >= 0.6 is 0 Å². The first kappa shape index (κ1) is 27.7. The van der Waals surface area contributed by atoms with Crippen molar-refractivity contribution in [3.8, 4) is 0 Å². The highest BCUT2D eigenvalue weighted by atomic mass is 16.4. The molecule has 4 unspecified atom stereocenters. The van der Waals surface area contributed by atoms with Crippen LogP contribution in [-0.4, -0.2) is 76.5 Å². The Labute approximate surface area is 178 Å². The van der Waals surface area contributed by atoms with Gasteiger partial charge in [0.1, 0.15) is 18.1 Å². The van der Waals surface area contributed by atoms with Crippen LogP contribution in [0.25, 0.3) is 0 Å². The Kier molecular flexibility index (Phi) is 12.4. The van der Waals surface area contributed by atoms with E-state index in [1.807, 2.05) is 5.32 Å². The first-order valence-corrected chi connectivity index (χ1v) is 9.48. The molecule has 0 fully saturated rings. The summed E-state index contributed by atoms with van der Waals surface area (Å²) < 4.78 is 0. The SMILES string of the molecule is CC(NC(=O)C(CC(=O)O)NC(=O)C(CC(N)=O)NC(=O)C(N)CCCCN)C(=O)O. The molecule has 14 nitrogen and oxygen atoms in total. The predicted molar refractivity (Wildman–Crippen MR) is 106 cm³/mol. The molecule has 0 aromatic rings. The molecule has 0 spiro atoms. The van der Waals surface area contributed by atoms with E-state index in [4.69, 9.17) is 27.4 Å². The van der Waals surface area contributed by atoms with Crippen molar-refractivity contribution in [2.75, 3.05) is 6.54 Å². The van der Waals surface area contributed by atoms with Gasteiger partial charge in [-0.15, -0.1) is 0 Å². The van der Waals surface area contributed by atoms with E-state index in [9.17, 15) is 28.8 Å². The molecule has 0 aliphatic rings. The van der Waals surface area contributed by atoms with Gasteiger partial charge in [-0.3, -0.25) is 28.8 Å². The first-order valence-electron chi connectivity index (χ1n) is 9.48. The average molecular weight is 446 g/mol. The molecule has 0 bridgehead atoms. The molecule has 0 rings (SSSR count). The van der Waals surface area contributed by atoms with E-state index in [-0.39, 0.29) is 6.42 Å². The minimum absolute atomic E-state index is 0.269. The van der Waals surface area contributed by atoms with Gasteiger partial charge in [0.15, 0.2) is 0 Å². The van der Waals surface area contributed by atoms with Crippen LogP contribution in [0.15, 0.2) is 0 Å². The van der Waals surface area contributed by atoms with Crippen LogP contribution in [0.4, 0.5) is 0 Å². The van der Waals surface area contributed by atoms with Gasteiger partial charge in [-0.05, 0) is 26.3 Å². The van der Waals surface area contributed by atoms with Gasteiger partial charge in [-0.2, -0.15) is 0 Å². The van der Waals surface area contributed by atoms with E-state index in [1.165, 1.54) is 0 Å². The molecule has 0 saturated carbocycles. The molecule has 4 atom stereocenters. The topological polar surface area (TPSA) is 257 Å². The third kappa shape index (κ3) is 11.5. The lowest BCUT2D eigenvalue weighted by Gasteiger charge is -2.23. The van der Waals surface area contributed by atoms with Gasteiger partial charge in [-0.1, -0.05) is 6.42 Å². The van der Waals surface area contributed by atoms with Gasteiger partial charge in [-0.25, -0.2) is 0 Å². The van der Waals surface area contributed by atoms with Gasteiger partial charge in [0.25, 0.3) is 0 Å². The zero-order chi connectivity index (χ0) is 24.1. The number of nitrogens with two attached hydrogens (primary N) is 3. The summed E-state index contributed by atoms with van der Waals surface area (Å²) in [5, 5.41) is 24.2. The third-order valence-corrected chi connectivity index (χ3v) is 4.09. The standard InChI is InChI=1S/C17H30N6O8/c1-8(17(30)31)21-15(28)11(7-13(25)26)23-16(29)10(6-12(20)24)22-14(27)9(19)4-2-3-5-18/h8-11H,2-7,18-19H2,1H3,(H2,20,24)(H,21,28)(H,22,27)(H,23,29)(H,25,26)(H,30,31). The lowest BCUT2D eigenvalue weighted by Crippen LogP contribution is -2.57. The van der Waals surface area contributed by atoms with Crippen LogP contribution in [-0.2, 0) is 28.8 Å². The second kappa shape index (κ2) is 13.9. The van der Waals surface area contributed by atoms with Crippen LogP contribution in [0.3, 0.4) is 0 Å². The van der Waals surface area contributed by atoms with Crippen molar-refractivity contribution >= 4 is 35.6 Å². The fraction of sp³-hybridized carbons (Fsp3) is 0.647. The number of hydrogen-bond acceptors (Lipinski definition) is 8. The lowest BCUT2D eigenvalue weighted by molar-refractivity contribution is -0.143. The number of primary amides is 1. The molecule has 0 aromatic heterocycles. The maximum Gasteiger partial charge on any atom is 0.325 e. The summed E-state index contributed by atoms with van der Waals surface area (Å²) in [5.74, 6) is -6.68. The Morgan fingerprint density at radius 3 is 1.84 bits per heavy atom. The van der Waals surface area contributed by atoms with Crippen LogP contribution < -0.4 is 33.2 Å². The number of carbonyl (C=O) groups excluding carboxylic acids is 4. The molecule has 0 aromatic carbocycles. The highest BCUT2D eigenvalue weighted by molar-refractivity contribution is 5.97. The van der Waals surface area contributed by atoms with Crippen molar-refractivity contribution in [2.45, 2.75) is 63.2 Å². The van der Waals surface area contributed by atoms with E-state index in [1.54, 1.807) is 0 Å². The maximum absolute atomic E-state index is 12.5. The third-order valence-electron chi connectivity index (χ3n) is 4.09. The van der Waals surface area contributed by atoms with E-state index < -0.39 is 72.6 Å². The average Bonchev–Trinajstić information content (AvgIpc) is 2.65. The highest BCUT2D eigenvalue weighted by Gasteiger charge is 2.31. The minimum atomic E-state index is -1.67. The van der Waals surface area contributed by atoms with E-state index in [0.29, 0.717) is 19.4 Å². The zero-order valence-corrected chi connectivity index (χ0v) is 17.1. The monoisotopic (exact) mass is 446 g/mol. The molecule has 11 N–H and O–H groups in total. The summed E-state index contributed by atoms with van der Waals surface area (Å²) in [6.07, 6.45) is -0.0574. The van der Waals surface area contributed by atoms with E-state index in [2.05, 4.69) is 10.6 Å². The van der Waals surface area contributed by atoms with Crippen molar-refractivity contribution in [3.63, 3.8) is 0 Å². The second-order valence-electron chi connectivity index (χ2n) is 6.85. The fourth-order valence-corrected chi connectivity index (χ4v) is 2.36. The van der Waals surface area contributed by atoms with Crippen LogP contribution in [0.5, 0.6) is 0 Å². The van der Waals surface area contributed by atoms with E-state index >= 15 is 0 Å². The van der Waals surface area contributed by atoms with Gasteiger partial charge in [0, 0.05) is 0 Å². The summed E-state index contributed by atoms with van der Waals surface area (Å²) >= 11 is 0. The van der Waals surface area contributed by atoms with Gasteiger partial charge in [0.2, 0.25) is 23.6 Å². The number of carboxylic acids is 2. The smallest absolute Gasteiger partial charge is 0.325 e. The van der Waals surface area contributed by atoms with Crippen molar-refractivity contribution in [2.24, 2.45) is 17.2 Å². The first-order chi connectivity index (χ1) is 14.4. The molecular formula is C17H30N6O8. The minimum Gasteiger partial charge on any atom is -0.481 e. The van der Waals surface area contributed by atoms with Crippen molar-refractivity contribution in [1.82, 2.24) is 16.0 Å². The number of unbranched alkanes of at least 4 members (excludes halogenated alkanes) is 1. The second-order valence-corrected chi connectivity index (χ2v) is 6.85. The van der Waals surface area contributed by atoms with Crippen molar-refractivity contribution in [3.05, 3.63) is 0 Å². The van der Waals surface area contributed by atoms with Crippen LogP contribution in [0.1, 0.15) is 39.0 Å². The van der Waals surface area contributed by atoms with Gasteiger partial charge >= 0.3 is 11.9 Å². The van der Waals surface area contributed by atoms with Crippen molar-refractivity contribution < 1.29 is 39.0 Å². The fourth-order valence-electron chi connectivity index (χ4n) is 2.36. The molecule has 0 heterocycles. The number of amides is 4. The Balaban J connectivity index is 5.30. The molecular weight excluding hydrogens is 416 g/mol. The quantitative estimate of drug-likeness (QED) is 0.114. The predicted octanol–water partition coefficient (Wildman–Crippen LogP) is -3.65. The van der Waals surface area contributed by atoms with Crippen LogP contribution in [0.2, 0.25) is 0 Å². The summed E-state index contributed by atoms with van der Waals surface area (Å²) in [4.78, 5) is 70.1. The summed E-state index contributed by atoms with van der Waals surface area (Å²) in [5.41, 5.74) is 16.2. The molecule has 0 saturated heterocycles. The van der Waals surface area contributed by atoms with Gasteiger partial charge in [0.05, 0.1) is 18.9 Å². The number of rotatable bonds is 15. The zero-order valence-electron chi connectivity index (χ0n) is 17.1. The van der Waals surface area contributed by atoms with Gasteiger partial charge < -0.3 is 43.4 Å². The Hall–Kier alpha value is -3.26. The number of aliphatic carboxylic acids is 2. The summed E-state index contributed by atoms with van der Waals surface area (Å²) in [7, 11) is 0. The number of nitrogens with one attached hydrogen (secondary N) is 3. The Morgan fingerprint density at radius 2 is 1.35 bits per heavy atom. The molecule has 0 aliphatic carbocycles. The maximum atomic E-state index is 12.5. The Morgan fingerprint density at radius 1 is 0.839 bits per heavy atom. The van der Waals surface area contributed by atoms with Crippen molar-refractivity contribution in [1.29, 1.82) is 0 Å². The molecule has 0 radical (unpaired) electrons. The Bertz CT molecular complexity index is 686. The molecule has 0 aliphatic heterocycles. The number of hydrogen-bond donors (Lipinski definition) is 8. The molecule has 4 amide bonds. The van der Waals surface area contributed by atoms with Crippen LogP contribution in [0, 0.1) is 0 Å². The lowest BCUT2D eigenvalue weighted by atomic mass is 10.1. The summed E-state index contributed by atoms with van der Waals surface area (Å²) in [6, 6.07) is -5.54. The molecule has 14 heteroatoms. The molecule has 176 valence electrons. The normalized spacial score (nSPS) is 14.4. The largest absolute Gasteiger partial charge is 0.481 e. The highest BCUT2D eigenvalue weighted by Crippen LogP contribution is 2.02. The molecule has 31 heavy (non-hydrogen) atoms. The number of carboxylic acid groups (broad SMARTS) is 2.